The van der Waals surface area contributed by atoms with Gasteiger partial charge in [0.2, 0.25) is 5.88 Å². The number of carbonyl (C=O) groups excluding carboxylic acids is 2. The van der Waals surface area contributed by atoms with Gasteiger partial charge in [-0.05, 0) is 49.2 Å². The summed E-state index contributed by atoms with van der Waals surface area (Å²) < 4.78 is 5.73. The smallest absolute Gasteiger partial charge is 0.267 e. The van der Waals surface area contributed by atoms with E-state index < -0.39 is 6.10 Å². The Morgan fingerprint density at radius 3 is 2.60 bits per heavy atom. The van der Waals surface area contributed by atoms with Gasteiger partial charge in [0.1, 0.15) is 11.5 Å². The van der Waals surface area contributed by atoms with Crippen molar-refractivity contribution in [2.75, 3.05) is 16.8 Å². The lowest BCUT2D eigenvalue weighted by Gasteiger charge is -2.31. The second-order valence-corrected chi connectivity index (χ2v) is 7.55. The second-order valence-electron chi connectivity index (χ2n) is 7.55. The summed E-state index contributed by atoms with van der Waals surface area (Å²) in [6.45, 7) is 3.62. The van der Waals surface area contributed by atoms with Crippen LogP contribution in [0.1, 0.15) is 40.1 Å². The maximum atomic E-state index is 13.4. The van der Waals surface area contributed by atoms with Crippen molar-refractivity contribution in [3.63, 3.8) is 0 Å². The highest BCUT2D eigenvalue weighted by atomic mass is 16.5. The molecule has 150 valence electrons. The molecule has 2 aromatic heterocycles. The molecule has 2 atom stereocenters. The molecule has 0 aliphatic carbocycles. The predicted molar refractivity (Wildman–Crippen MR) is 112 cm³/mol. The fraction of sp³-hybridized carbons (Fsp3) is 0.217. The van der Waals surface area contributed by atoms with Crippen LogP contribution < -0.4 is 14.5 Å². The number of hydrogen-bond acceptors (Lipinski definition) is 5. The first-order chi connectivity index (χ1) is 14.5. The highest BCUT2D eigenvalue weighted by Gasteiger charge is 2.40. The van der Waals surface area contributed by atoms with Crippen LogP contribution in [0.4, 0.5) is 11.5 Å². The molecule has 2 amide bonds. The van der Waals surface area contributed by atoms with Crippen molar-refractivity contribution < 1.29 is 14.3 Å². The van der Waals surface area contributed by atoms with E-state index in [-0.39, 0.29) is 17.9 Å². The first-order valence-electron chi connectivity index (χ1n) is 9.76. The summed E-state index contributed by atoms with van der Waals surface area (Å²) in [5.41, 5.74) is 3.95. The lowest BCUT2D eigenvalue weighted by atomic mass is 9.99. The van der Waals surface area contributed by atoms with Gasteiger partial charge in [-0.3, -0.25) is 19.5 Å². The Bertz CT molecular complexity index is 1180. The molecule has 5 rings (SSSR count). The zero-order valence-electron chi connectivity index (χ0n) is 16.9. The maximum absolute atomic E-state index is 13.4. The average Bonchev–Trinajstić information content (AvgIpc) is 3.05. The van der Waals surface area contributed by atoms with Crippen molar-refractivity contribution in [1.29, 1.82) is 0 Å². The molecule has 0 spiro atoms. The number of aryl methyl sites for hydroxylation is 1. The standard InChI is InChI=1S/C23H20N4O3/c1-13-8-9-15(12-24-13)20-16-6-4-5-7-17(16)23(29)27(20)19-11-10-18-21(25-19)30-14(2)22(28)26(18)3/h4-12,14,20H,1-3H3. The number of likely N-dealkylation sites (N-methyl/N-ethyl adjacent to an activating group) is 1. The number of pyridine rings is 2. The maximum Gasteiger partial charge on any atom is 0.267 e. The average molecular weight is 400 g/mol. The molecule has 0 N–H and O–H groups in total. The van der Waals surface area contributed by atoms with Crippen LogP contribution in [0.25, 0.3) is 0 Å². The number of carbonyl (C=O) groups is 2. The molecule has 0 saturated heterocycles. The van der Waals surface area contributed by atoms with Gasteiger partial charge in [-0.1, -0.05) is 24.3 Å². The summed E-state index contributed by atoms with van der Waals surface area (Å²) in [5, 5.41) is 0. The molecule has 0 radical (unpaired) electrons. The van der Waals surface area contributed by atoms with E-state index in [0.29, 0.717) is 22.9 Å². The van der Waals surface area contributed by atoms with Gasteiger partial charge in [0.25, 0.3) is 11.8 Å². The topological polar surface area (TPSA) is 75.6 Å². The first kappa shape index (κ1) is 18.3. The molecule has 4 heterocycles. The number of rotatable bonds is 2. The molecule has 0 saturated carbocycles. The Balaban J connectivity index is 1.64. The molecule has 3 aromatic rings. The number of benzene rings is 1. The van der Waals surface area contributed by atoms with Crippen LogP contribution in [-0.2, 0) is 4.79 Å². The van der Waals surface area contributed by atoms with Crippen molar-refractivity contribution in [3.05, 3.63) is 77.1 Å². The third kappa shape index (κ3) is 2.66. The molecule has 2 unspecified atom stereocenters. The van der Waals surface area contributed by atoms with E-state index in [1.807, 2.05) is 43.3 Å². The van der Waals surface area contributed by atoms with E-state index in [2.05, 4.69) is 9.97 Å². The van der Waals surface area contributed by atoms with Crippen molar-refractivity contribution in [3.8, 4) is 5.88 Å². The molecule has 7 heteroatoms. The summed E-state index contributed by atoms with van der Waals surface area (Å²) in [5.74, 6) is 0.546. The lowest BCUT2D eigenvalue weighted by Crippen LogP contribution is -2.42. The number of hydrogen-bond donors (Lipinski definition) is 0. The summed E-state index contributed by atoms with van der Waals surface area (Å²) in [6, 6.07) is 14.7. The zero-order chi connectivity index (χ0) is 21.0. The van der Waals surface area contributed by atoms with Crippen molar-refractivity contribution in [2.45, 2.75) is 26.0 Å². The highest BCUT2D eigenvalue weighted by molar-refractivity contribution is 6.11. The zero-order valence-corrected chi connectivity index (χ0v) is 16.9. The molecule has 2 aliphatic rings. The van der Waals surface area contributed by atoms with Crippen molar-refractivity contribution in [1.82, 2.24) is 9.97 Å². The second kappa shape index (κ2) is 6.66. The van der Waals surface area contributed by atoms with E-state index in [1.54, 1.807) is 37.2 Å². The molecule has 2 aliphatic heterocycles. The largest absolute Gasteiger partial charge is 0.463 e. The summed E-state index contributed by atoms with van der Waals surface area (Å²) in [6.07, 6.45) is 1.17. The minimum Gasteiger partial charge on any atom is -0.463 e. The van der Waals surface area contributed by atoms with Gasteiger partial charge in [-0.2, -0.15) is 4.98 Å². The Morgan fingerprint density at radius 2 is 1.83 bits per heavy atom. The number of ether oxygens (including phenoxy) is 1. The van der Waals surface area contributed by atoms with Gasteiger partial charge in [0.05, 0.1) is 6.04 Å². The number of amides is 2. The minimum absolute atomic E-state index is 0.128. The van der Waals surface area contributed by atoms with Gasteiger partial charge in [-0.15, -0.1) is 0 Å². The van der Waals surface area contributed by atoms with Gasteiger partial charge >= 0.3 is 0 Å². The Labute approximate surface area is 173 Å². The molecule has 7 nitrogen and oxygen atoms in total. The van der Waals surface area contributed by atoms with Gasteiger partial charge in [-0.25, -0.2) is 0 Å². The molecular formula is C23H20N4O3. The van der Waals surface area contributed by atoms with Crippen LogP contribution in [0, 0.1) is 6.92 Å². The summed E-state index contributed by atoms with van der Waals surface area (Å²) in [7, 11) is 1.69. The van der Waals surface area contributed by atoms with Gasteiger partial charge in [0.15, 0.2) is 6.10 Å². The van der Waals surface area contributed by atoms with Crippen molar-refractivity contribution in [2.24, 2.45) is 0 Å². The van der Waals surface area contributed by atoms with Crippen LogP contribution in [0.5, 0.6) is 5.88 Å². The van der Waals surface area contributed by atoms with Crippen LogP contribution in [-0.4, -0.2) is 34.9 Å². The fourth-order valence-corrected chi connectivity index (χ4v) is 4.03. The van der Waals surface area contributed by atoms with Crippen LogP contribution in [0.3, 0.4) is 0 Å². The number of anilines is 2. The molecule has 0 bridgehead atoms. The Hall–Kier alpha value is -3.74. The van der Waals surface area contributed by atoms with Crippen molar-refractivity contribution >= 4 is 23.3 Å². The Morgan fingerprint density at radius 1 is 1.03 bits per heavy atom. The van der Waals surface area contributed by atoms with Crippen LogP contribution in [0.2, 0.25) is 0 Å². The minimum atomic E-state index is -0.631. The molecular weight excluding hydrogens is 380 g/mol. The number of aromatic nitrogens is 2. The predicted octanol–water partition coefficient (Wildman–Crippen LogP) is 3.28. The van der Waals surface area contributed by atoms with E-state index in [1.165, 1.54) is 4.90 Å². The van der Waals surface area contributed by atoms with E-state index in [4.69, 9.17) is 4.74 Å². The number of fused-ring (bicyclic) bond motifs is 2. The van der Waals surface area contributed by atoms with Gasteiger partial charge in [0, 0.05) is 24.5 Å². The quantitative estimate of drug-likeness (QED) is 0.660. The van der Waals surface area contributed by atoms with E-state index >= 15 is 0 Å². The molecule has 30 heavy (non-hydrogen) atoms. The third-order valence-electron chi connectivity index (χ3n) is 5.61. The monoisotopic (exact) mass is 400 g/mol. The van der Waals surface area contributed by atoms with E-state index in [9.17, 15) is 9.59 Å². The SMILES string of the molecule is Cc1ccc(C2c3ccccc3C(=O)N2c2ccc3c(n2)OC(C)C(=O)N3C)cn1. The molecule has 1 aromatic carbocycles. The third-order valence-corrected chi connectivity index (χ3v) is 5.61. The van der Waals surface area contributed by atoms with Gasteiger partial charge < -0.3 is 9.64 Å². The number of nitrogens with zero attached hydrogens (tertiary/aromatic N) is 4. The normalized spacial score (nSPS) is 20.1. The fourth-order valence-electron chi connectivity index (χ4n) is 4.03. The van der Waals surface area contributed by atoms with E-state index in [0.717, 1.165) is 16.8 Å². The van der Waals surface area contributed by atoms with Crippen LogP contribution >= 0.6 is 0 Å². The van der Waals surface area contributed by atoms with Crippen LogP contribution in [0.15, 0.2) is 54.7 Å². The Kier molecular flexibility index (Phi) is 4.06. The summed E-state index contributed by atoms with van der Waals surface area (Å²) >= 11 is 0. The lowest BCUT2D eigenvalue weighted by molar-refractivity contribution is -0.125. The molecule has 0 fully saturated rings. The highest BCUT2D eigenvalue weighted by Crippen LogP contribution is 2.42. The summed E-state index contributed by atoms with van der Waals surface area (Å²) in [4.78, 5) is 37.8. The first-order valence-corrected chi connectivity index (χ1v) is 9.76.